The molecular weight excluding hydrogens is 511 g/mol. The largest absolute Gasteiger partial charge is 0.573 e. The number of hydrogen-bond acceptors (Lipinski definition) is 9. The number of rotatable bonds is 10. The number of methoxy groups -OCH3 is 1. The van der Waals surface area contributed by atoms with Crippen LogP contribution in [0.1, 0.15) is 11.5 Å². The van der Waals surface area contributed by atoms with Gasteiger partial charge in [0.05, 0.1) is 7.11 Å². The maximum absolute atomic E-state index is 12.5. The minimum Gasteiger partial charge on any atom is -0.484 e. The molecule has 1 N–H and O–H groups in total. The smallest absolute Gasteiger partial charge is 0.484 e. The van der Waals surface area contributed by atoms with Crippen molar-refractivity contribution in [3.63, 3.8) is 0 Å². The van der Waals surface area contributed by atoms with Crippen molar-refractivity contribution in [1.29, 1.82) is 0 Å². The molecule has 13 heteroatoms. The first-order valence-corrected chi connectivity index (χ1v) is 10.9. The van der Waals surface area contributed by atoms with E-state index >= 15 is 0 Å². The lowest BCUT2D eigenvalue weighted by atomic mass is 10.1. The van der Waals surface area contributed by atoms with Gasteiger partial charge in [0, 0.05) is 23.5 Å². The summed E-state index contributed by atoms with van der Waals surface area (Å²) < 4.78 is 63.4. The van der Waals surface area contributed by atoms with Gasteiger partial charge in [-0.3, -0.25) is 0 Å². The molecule has 2 aromatic carbocycles. The molecule has 2 aromatic heterocycles. The molecule has 0 saturated carbocycles. The summed E-state index contributed by atoms with van der Waals surface area (Å²) in [6, 6.07) is 10.1. The van der Waals surface area contributed by atoms with Gasteiger partial charge in [0.2, 0.25) is 5.89 Å². The predicted molar refractivity (Wildman–Crippen MR) is 125 cm³/mol. The van der Waals surface area contributed by atoms with Crippen LogP contribution in [-0.4, -0.2) is 46.1 Å². The molecule has 0 atom stereocenters. The Morgan fingerprint density at radius 3 is 2.29 bits per heavy atom. The van der Waals surface area contributed by atoms with Gasteiger partial charge in [-0.2, -0.15) is 0 Å². The lowest BCUT2D eigenvalue weighted by Crippen LogP contribution is -2.16. The molecule has 38 heavy (non-hydrogen) atoms. The first-order valence-electron chi connectivity index (χ1n) is 10.9. The number of hydrogen-bond donors (Lipinski definition) is 1. The Morgan fingerprint density at radius 1 is 1.00 bits per heavy atom. The number of benzene rings is 2. The van der Waals surface area contributed by atoms with E-state index in [-0.39, 0.29) is 30.0 Å². The van der Waals surface area contributed by atoms with Gasteiger partial charge in [0.25, 0.3) is 0 Å². The molecule has 198 valence electrons. The van der Waals surface area contributed by atoms with E-state index in [0.717, 1.165) is 12.1 Å². The highest BCUT2D eigenvalue weighted by Gasteiger charge is 2.31. The number of halogens is 3. The summed E-state index contributed by atoms with van der Waals surface area (Å²) in [5, 5.41) is 8.77. The summed E-state index contributed by atoms with van der Waals surface area (Å²) in [6.07, 6.45) is -1.88. The number of aryl methyl sites for hydroxylation is 1. The van der Waals surface area contributed by atoms with Crippen molar-refractivity contribution < 1.29 is 46.4 Å². The van der Waals surface area contributed by atoms with Crippen LogP contribution in [0.2, 0.25) is 0 Å². The SMILES string of the molecule is COc1ncc(-c2nc(COc3ccc(OCC(=O)O)c(C)c3)oc2-c2ccc(OC(F)(F)F)cc2)cn1. The van der Waals surface area contributed by atoms with E-state index < -0.39 is 18.9 Å². The zero-order valence-corrected chi connectivity index (χ0v) is 20.0. The number of carboxylic acids is 1. The number of carboxylic acid groups (broad SMARTS) is 1. The Labute approximate surface area is 213 Å². The van der Waals surface area contributed by atoms with E-state index in [9.17, 15) is 18.0 Å². The fraction of sp³-hybridized carbons (Fsp3) is 0.200. The van der Waals surface area contributed by atoms with Gasteiger partial charge in [0.15, 0.2) is 19.0 Å². The molecule has 0 spiro atoms. The van der Waals surface area contributed by atoms with Gasteiger partial charge < -0.3 is 28.5 Å². The number of nitrogens with zero attached hydrogens (tertiary/aromatic N) is 3. The molecular formula is C25H20F3N3O7. The monoisotopic (exact) mass is 531 g/mol. The van der Waals surface area contributed by atoms with E-state index in [1.54, 1.807) is 25.1 Å². The molecule has 2 heterocycles. The van der Waals surface area contributed by atoms with Crippen LogP contribution in [0.4, 0.5) is 13.2 Å². The second kappa shape index (κ2) is 11.1. The van der Waals surface area contributed by atoms with Crippen LogP contribution < -0.4 is 18.9 Å². The van der Waals surface area contributed by atoms with Crippen LogP contribution >= 0.6 is 0 Å². The maximum Gasteiger partial charge on any atom is 0.573 e. The molecule has 0 unspecified atom stereocenters. The summed E-state index contributed by atoms with van der Waals surface area (Å²) in [5.74, 6) is -0.199. The third kappa shape index (κ3) is 6.69. The molecule has 0 aliphatic carbocycles. The molecule has 0 aliphatic rings. The average Bonchev–Trinajstić information content (AvgIpc) is 3.30. The van der Waals surface area contributed by atoms with Gasteiger partial charge in [-0.15, -0.1) is 13.2 Å². The molecule has 4 rings (SSSR count). The number of aromatic nitrogens is 3. The topological polar surface area (TPSA) is 126 Å². The molecule has 0 bridgehead atoms. The first-order chi connectivity index (χ1) is 18.1. The van der Waals surface area contributed by atoms with Crippen molar-refractivity contribution in [3.8, 4) is 45.8 Å². The van der Waals surface area contributed by atoms with Crippen LogP contribution in [-0.2, 0) is 11.4 Å². The van der Waals surface area contributed by atoms with Crippen molar-refractivity contribution in [2.24, 2.45) is 0 Å². The molecule has 0 aliphatic heterocycles. The fourth-order valence-electron chi connectivity index (χ4n) is 3.33. The molecule has 0 saturated heterocycles. The van der Waals surface area contributed by atoms with Crippen LogP contribution in [0.25, 0.3) is 22.6 Å². The van der Waals surface area contributed by atoms with Crippen molar-refractivity contribution in [1.82, 2.24) is 15.0 Å². The van der Waals surface area contributed by atoms with Crippen molar-refractivity contribution >= 4 is 5.97 Å². The summed E-state index contributed by atoms with van der Waals surface area (Å²) in [4.78, 5) is 23.3. The number of carbonyl (C=O) groups is 1. The third-order valence-corrected chi connectivity index (χ3v) is 4.97. The van der Waals surface area contributed by atoms with Gasteiger partial charge in [-0.25, -0.2) is 19.7 Å². The van der Waals surface area contributed by atoms with E-state index in [0.29, 0.717) is 33.9 Å². The summed E-state index contributed by atoms with van der Waals surface area (Å²) in [6.45, 7) is 1.18. The third-order valence-electron chi connectivity index (χ3n) is 4.97. The first kappa shape index (κ1) is 26.3. The zero-order valence-electron chi connectivity index (χ0n) is 20.0. The maximum atomic E-state index is 12.5. The van der Waals surface area contributed by atoms with E-state index in [1.807, 2.05) is 0 Å². The van der Waals surface area contributed by atoms with Gasteiger partial charge in [0.1, 0.15) is 22.9 Å². The van der Waals surface area contributed by atoms with Gasteiger partial charge >= 0.3 is 18.3 Å². The zero-order chi connectivity index (χ0) is 27.3. The second-order valence-electron chi connectivity index (χ2n) is 7.71. The standard InChI is InChI=1S/C25H20F3N3O7/c1-14-9-18(7-8-19(14)36-13-21(32)33)35-12-20-31-22(16-10-29-24(34-2)30-11-16)23(37-20)15-3-5-17(6-4-15)38-25(26,27)28/h3-11H,12-13H2,1-2H3,(H,32,33). The molecule has 10 nitrogen and oxygen atoms in total. The van der Waals surface area contributed by atoms with E-state index in [2.05, 4.69) is 19.7 Å². The molecule has 0 amide bonds. The summed E-state index contributed by atoms with van der Waals surface area (Å²) in [5.41, 5.74) is 1.90. The molecule has 0 radical (unpaired) electrons. The Bertz CT molecular complexity index is 1410. The van der Waals surface area contributed by atoms with Crippen molar-refractivity contribution in [2.45, 2.75) is 19.9 Å². The summed E-state index contributed by atoms with van der Waals surface area (Å²) in [7, 11) is 1.42. The molecule has 4 aromatic rings. The lowest BCUT2D eigenvalue weighted by molar-refractivity contribution is -0.274. The van der Waals surface area contributed by atoms with Crippen LogP contribution in [0.3, 0.4) is 0 Å². The quantitative estimate of drug-likeness (QED) is 0.297. The summed E-state index contributed by atoms with van der Waals surface area (Å²) >= 11 is 0. The Hall–Kier alpha value is -4.81. The number of alkyl halides is 3. The van der Waals surface area contributed by atoms with Crippen molar-refractivity contribution in [2.75, 3.05) is 13.7 Å². The Balaban J connectivity index is 1.59. The van der Waals surface area contributed by atoms with E-state index in [4.69, 9.17) is 23.7 Å². The highest BCUT2D eigenvalue weighted by molar-refractivity contribution is 5.76. The highest BCUT2D eigenvalue weighted by atomic mass is 19.4. The number of ether oxygens (including phenoxy) is 4. The van der Waals surface area contributed by atoms with Crippen LogP contribution in [0.15, 0.2) is 59.3 Å². The minimum absolute atomic E-state index is 0.0892. The van der Waals surface area contributed by atoms with Crippen LogP contribution in [0.5, 0.6) is 23.3 Å². The second-order valence-corrected chi connectivity index (χ2v) is 7.71. The fourth-order valence-corrected chi connectivity index (χ4v) is 3.33. The Kier molecular flexibility index (Phi) is 7.65. The predicted octanol–water partition coefficient (Wildman–Crippen LogP) is 5.06. The average molecular weight is 531 g/mol. The lowest BCUT2D eigenvalue weighted by Gasteiger charge is -2.09. The van der Waals surface area contributed by atoms with E-state index in [1.165, 1.54) is 31.6 Å². The van der Waals surface area contributed by atoms with Gasteiger partial charge in [-0.1, -0.05) is 0 Å². The Morgan fingerprint density at radius 2 is 1.68 bits per heavy atom. The highest BCUT2D eigenvalue weighted by Crippen LogP contribution is 2.34. The normalized spacial score (nSPS) is 11.2. The van der Waals surface area contributed by atoms with Crippen molar-refractivity contribution in [3.05, 3.63) is 66.3 Å². The number of aliphatic carboxylic acids is 1. The number of oxazole rings is 1. The molecule has 0 fully saturated rings. The van der Waals surface area contributed by atoms with Gasteiger partial charge in [-0.05, 0) is 55.0 Å². The minimum atomic E-state index is -4.82. The van der Waals surface area contributed by atoms with Crippen LogP contribution in [0, 0.1) is 6.92 Å².